The Balaban J connectivity index is 1.10. The molecule has 0 unspecified atom stereocenters. The van der Waals surface area contributed by atoms with Crippen LogP contribution in [0.2, 0.25) is 0 Å². The molecule has 3 aromatic carbocycles. The molecule has 3 aromatic rings. The summed E-state index contributed by atoms with van der Waals surface area (Å²) in [4.78, 5) is 30.1. The van der Waals surface area contributed by atoms with Crippen LogP contribution in [0.25, 0.3) is 0 Å². The Morgan fingerprint density at radius 1 is 0.820 bits per heavy atom. The molecule has 5 atom stereocenters. The Morgan fingerprint density at radius 2 is 1.46 bits per heavy atom. The summed E-state index contributed by atoms with van der Waals surface area (Å²) in [6.07, 6.45) is -5.51. The summed E-state index contributed by atoms with van der Waals surface area (Å²) < 4.78 is 52.3. The molecule has 0 spiro atoms. The molecular formula is C38H45F3N4O5. The minimum Gasteiger partial charge on any atom is -0.392 e. The zero-order chi connectivity index (χ0) is 35.3. The van der Waals surface area contributed by atoms with Crippen LogP contribution in [0.15, 0.2) is 78.9 Å². The molecule has 0 aromatic heterocycles. The first-order chi connectivity index (χ1) is 24.1. The fraction of sp³-hybridized carbons (Fsp3) is 0.474. The molecule has 2 amide bonds. The van der Waals surface area contributed by atoms with Gasteiger partial charge in [0.1, 0.15) is 6.04 Å². The third-order valence-electron chi connectivity index (χ3n) is 10.1. The second-order valence-corrected chi connectivity index (χ2v) is 13.5. The van der Waals surface area contributed by atoms with Gasteiger partial charge in [-0.15, -0.1) is 0 Å². The van der Waals surface area contributed by atoms with Crippen molar-refractivity contribution in [2.75, 3.05) is 39.3 Å². The number of hydrogen-bond donors (Lipinski definition) is 2. The number of ether oxygens (including phenoxy) is 2. The topological polar surface area (TPSA) is 94.6 Å². The molecule has 0 aliphatic carbocycles. The van der Waals surface area contributed by atoms with Gasteiger partial charge in [0.25, 0.3) is 0 Å². The Bertz CT molecular complexity index is 1570. The summed E-state index contributed by atoms with van der Waals surface area (Å²) in [5, 5.41) is 12.3. The molecule has 268 valence electrons. The minimum atomic E-state index is -5.02. The maximum Gasteiger partial charge on any atom is 0.471 e. The average Bonchev–Trinajstić information content (AvgIpc) is 3.62. The summed E-state index contributed by atoms with van der Waals surface area (Å²) in [6.45, 7) is 7.62. The van der Waals surface area contributed by atoms with Crippen molar-refractivity contribution in [2.45, 2.75) is 70.2 Å². The van der Waals surface area contributed by atoms with Crippen LogP contribution in [-0.4, -0.2) is 89.2 Å². The summed E-state index contributed by atoms with van der Waals surface area (Å²) in [5.41, 5.74) is 4.69. The first kappa shape index (κ1) is 36.0. The third kappa shape index (κ3) is 8.73. The van der Waals surface area contributed by atoms with E-state index < -0.39 is 30.3 Å². The van der Waals surface area contributed by atoms with Crippen molar-refractivity contribution in [3.8, 4) is 0 Å². The first-order valence-corrected chi connectivity index (χ1v) is 17.3. The lowest BCUT2D eigenvalue weighted by Crippen LogP contribution is -2.51. The van der Waals surface area contributed by atoms with Gasteiger partial charge in [0.2, 0.25) is 5.91 Å². The van der Waals surface area contributed by atoms with Crippen LogP contribution < -0.4 is 5.32 Å². The second-order valence-electron chi connectivity index (χ2n) is 13.5. The number of carbonyl (C=O) groups excluding carboxylic acids is 2. The maximum atomic E-state index is 13.0. The molecule has 0 radical (unpaired) electrons. The zero-order valence-corrected chi connectivity index (χ0v) is 28.2. The van der Waals surface area contributed by atoms with Gasteiger partial charge in [0.15, 0.2) is 6.29 Å². The van der Waals surface area contributed by atoms with Crippen LogP contribution in [0, 0.1) is 5.92 Å². The van der Waals surface area contributed by atoms with E-state index in [1.54, 1.807) is 0 Å². The van der Waals surface area contributed by atoms with Crippen LogP contribution in [0.3, 0.4) is 0 Å². The Morgan fingerprint density at radius 3 is 2.12 bits per heavy atom. The van der Waals surface area contributed by atoms with Crippen molar-refractivity contribution < 1.29 is 37.3 Å². The number of likely N-dealkylation sites (tertiary alicyclic amines) is 1. The molecule has 3 fully saturated rings. The lowest BCUT2D eigenvalue weighted by Gasteiger charge is -2.44. The molecule has 3 heterocycles. The monoisotopic (exact) mass is 694 g/mol. The maximum absolute atomic E-state index is 13.0. The molecule has 9 nitrogen and oxygen atoms in total. The van der Waals surface area contributed by atoms with Crippen LogP contribution >= 0.6 is 0 Å². The number of benzene rings is 3. The average molecular weight is 695 g/mol. The smallest absolute Gasteiger partial charge is 0.392 e. The normalized spacial score (nSPS) is 25.1. The summed E-state index contributed by atoms with van der Waals surface area (Å²) in [7, 11) is 0. The highest BCUT2D eigenvalue weighted by molar-refractivity contribution is 5.90. The molecule has 6 rings (SSSR count). The number of aliphatic hydroxyl groups is 1. The molecule has 50 heavy (non-hydrogen) atoms. The standard InChI is InChI=1S/C38H45F3N4O5/c1-26-33(24-44-20-18-43(19-21-44)23-28-6-3-2-4-7-28)49-36(50-34(26)30-13-11-29(25-46)12-14-30)31-15-9-27(10-16-31)22-42-35(47)32-8-5-17-45(32)37(48)38(39,40)41/h2-4,6-7,9-16,26,32-34,36,46H,5,8,17-25H2,1H3,(H,42,47)/t26-,32+,33+,34+,36+/m1/s1. The van der Waals surface area contributed by atoms with E-state index in [1.807, 2.05) is 54.6 Å². The summed E-state index contributed by atoms with van der Waals surface area (Å²) in [5.74, 6) is -2.54. The fourth-order valence-electron chi connectivity index (χ4n) is 7.10. The predicted octanol–water partition coefficient (Wildman–Crippen LogP) is 4.96. The predicted molar refractivity (Wildman–Crippen MR) is 180 cm³/mol. The summed E-state index contributed by atoms with van der Waals surface area (Å²) in [6, 6.07) is 24.6. The number of rotatable bonds is 10. The van der Waals surface area contributed by atoms with E-state index in [-0.39, 0.29) is 44.2 Å². The molecule has 3 aliphatic heterocycles. The van der Waals surface area contributed by atoms with Crippen molar-refractivity contribution in [2.24, 2.45) is 5.92 Å². The largest absolute Gasteiger partial charge is 0.471 e. The zero-order valence-electron chi connectivity index (χ0n) is 28.2. The number of nitrogens with zero attached hydrogens (tertiary/aromatic N) is 3. The van der Waals surface area contributed by atoms with Gasteiger partial charge in [0, 0.05) is 63.8 Å². The molecule has 3 aliphatic rings. The van der Waals surface area contributed by atoms with Crippen LogP contribution in [0.4, 0.5) is 13.2 Å². The van der Waals surface area contributed by atoms with E-state index in [2.05, 4.69) is 46.3 Å². The van der Waals surface area contributed by atoms with E-state index in [9.17, 15) is 27.9 Å². The number of halogens is 3. The van der Waals surface area contributed by atoms with Gasteiger partial charge in [-0.2, -0.15) is 13.2 Å². The molecular weight excluding hydrogens is 649 g/mol. The minimum absolute atomic E-state index is 0.0383. The van der Waals surface area contributed by atoms with Gasteiger partial charge in [-0.05, 0) is 35.1 Å². The van der Waals surface area contributed by atoms with E-state index in [4.69, 9.17) is 9.47 Å². The number of nitrogens with one attached hydrogen (secondary N) is 1. The Labute approximate surface area is 290 Å². The van der Waals surface area contributed by atoms with Crippen molar-refractivity contribution in [1.29, 1.82) is 0 Å². The Kier molecular flexibility index (Phi) is 11.5. The van der Waals surface area contributed by atoms with E-state index in [1.165, 1.54) is 5.56 Å². The number of carbonyl (C=O) groups is 2. The number of piperazine rings is 1. The lowest BCUT2D eigenvalue weighted by atomic mass is 9.90. The van der Waals surface area contributed by atoms with E-state index in [0.717, 1.165) is 61.5 Å². The molecule has 3 saturated heterocycles. The van der Waals surface area contributed by atoms with Crippen molar-refractivity contribution >= 4 is 11.8 Å². The van der Waals surface area contributed by atoms with Crippen LogP contribution in [0.1, 0.15) is 60.0 Å². The van der Waals surface area contributed by atoms with Crippen molar-refractivity contribution in [3.63, 3.8) is 0 Å². The highest BCUT2D eigenvalue weighted by Gasteiger charge is 2.47. The van der Waals surface area contributed by atoms with E-state index >= 15 is 0 Å². The lowest BCUT2D eigenvalue weighted by molar-refractivity contribution is -0.276. The number of amides is 2. The van der Waals surface area contributed by atoms with E-state index in [0.29, 0.717) is 11.3 Å². The number of aliphatic hydroxyl groups excluding tert-OH is 1. The second kappa shape index (κ2) is 16.0. The van der Waals surface area contributed by atoms with Crippen LogP contribution in [-0.2, 0) is 38.8 Å². The van der Waals surface area contributed by atoms with Crippen molar-refractivity contribution in [1.82, 2.24) is 20.0 Å². The van der Waals surface area contributed by atoms with Gasteiger partial charge in [-0.3, -0.25) is 19.4 Å². The fourth-order valence-corrected chi connectivity index (χ4v) is 7.10. The van der Waals surface area contributed by atoms with Gasteiger partial charge in [-0.1, -0.05) is 85.8 Å². The molecule has 0 saturated carbocycles. The number of alkyl halides is 3. The molecule has 12 heteroatoms. The van der Waals surface area contributed by atoms with Crippen molar-refractivity contribution in [3.05, 3.63) is 107 Å². The Hall–Kier alpha value is -3.81. The SMILES string of the molecule is C[C@@H]1[C@H](CN2CCN(Cc3ccccc3)CC2)O[C@H](c2ccc(CNC(=O)[C@@H]3CCCN3C(=O)C(F)(F)F)cc2)O[C@@H]1c1ccc(CO)cc1. The quantitative estimate of drug-likeness (QED) is 0.310. The highest BCUT2D eigenvalue weighted by atomic mass is 19.4. The van der Waals surface area contributed by atoms with Gasteiger partial charge < -0.3 is 24.8 Å². The molecule has 0 bridgehead atoms. The summed E-state index contributed by atoms with van der Waals surface area (Å²) >= 11 is 0. The molecule has 2 N–H and O–H groups in total. The van der Waals surface area contributed by atoms with Gasteiger partial charge >= 0.3 is 12.1 Å². The first-order valence-electron chi connectivity index (χ1n) is 17.3. The van der Waals surface area contributed by atoms with Gasteiger partial charge in [0.05, 0.1) is 18.8 Å². The van der Waals surface area contributed by atoms with Crippen LogP contribution in [0.5, 0.6) is 0 Å². The highest BCUT2D eigenvalue weighted by Crippen LogP contribution is 2.42. The van der Waals surface area contributed by atoms with Gasteiger partial charge in [-0.25, -0.2) is 0 Å². The third-order valence-corrected chi connectivity index (χ3v) is 10.1. The number of hydrogen-bond acceptors (Lipinski definition) is 7.